The lowest BCUT2D eigenvalue weighted by Crippen LogP contribution is -2.50. The lowest BCUT2D eigenvalue weighted by molar-refractivity contribution is -0.139. The second-order valence-corrected chi connectivity index (χ2v) is 4.30. The lowest BCUT2D eigenvalue weighted by atomic mass is 10.2. The smallest absolute Gasteiger partial charge is 0.326 e. The minimum atomic E-state index is -1.01. The largest absolute Gasteiger partial charge is 0.480 e. The maximum absolute atomic E-state index is 11.8. The van der Waals surface area contributed by atoms with E-state index < -0.39 is 12.0 Å². The number of nitrogens with one attached hydrogen (secondary N) is 1. The third-order valence-electron chi connectivity index (χ3n) is 3.02. The summed E-state index contributed by atoms with van der Waals surface area (Å²) in [6.07, 6.45) is 2.74. The second-order valence-electron chi connectivity index (χ2n) is 4.30. The molecule has 0 saturated carbocycles. The molecule has 0 spiro atoms. The molecule has 1 aliphatic heterocycles. The molecule has 1 rings (SSSR count). The number of aliphatic carboxylic acids is 1. The molecule has 0 radical (unpaired) electrons. The predicted molar refractivity (Wildman–Crippen MR) is 61.7 cm³/mol. The first-order valence-electron chi connectivity index (χ1n) is 6.01. The van der Waals surface area contributed by atoms with Crippen LogP contribution < -0.4 is 5.32 Å². The van der Waals surface area contributed by atoms with Crippen LogP contribution in [0.1, 0.15) is 32.6 Å². The summed E-state index contributed by atoms with van der Waals surface area (Å²) in [6, 6.07) is -1.40. The zero-order valence-electron chi connectivity index (χ0n) is 10.1. The van der Waals surface area contributed by atoms with Crippen molar-refractivity contribution in [2.75, 3.05) is 13.2 Å². The molecule has 0 aromatic carbocycles. The van der Waals surface area contributed by atoms with Crippen molar-refractivity contribution in [2.24, 2.45) is 0 Å². The summed E-state index contributed by atoms with van der Waals surface area (Å²) in [7, 11) is 0. The number of rotatable bonds is 5. The molecule has 0 aliphatic carbocycles. The van der Waals surface area contributed by atoms with E-state index in [1.165, 1.54) is 4.90 Å². The maximum atomic E-state index is 11.8. The minimum absolute atomic E-state index is 0.0705. The van der Waals surface area contributed by atoms with E-state index in [1.54, 1.807) is 0 Å². The molecule has 17 heavy (non-hydrogen) atoms. The van der Waals surface area contributed by atoms with Gasteiger partial charge in [0, 0.05) is 6.54 Å². The predicted octanol–water partition coefficient (Wildman–Crippen LogP) is 0.406. The van der Waals surface area contributed by atoms with Crippen LogP contribution in [0, 0.1) is 0 Å². The van der Waals surface area contributed by atoms with Gasteiger partial charge in [-0.2, -0.15) is 0 Å². The topological polar surface area (TPSA) is 89.9 Å². The molecule has 2 atom stereocenters. The molecule has 2 unspecified atom stereocenters. The molecular weight excluding hydrogens is 224 g/mol. The fourth-order valence-electron chi connectivity index (χ4n) is 2.07. The van der Waals surface area contributed by atoms with Crippen LogP contribution in [0.2, 0.25) is 0 Å². The van der Waals surface area contributed by atoms with Crippen molar-refractivity contribution in [3.05, 3.63) is 0 Å². The molecule has 6 heteroatoms. The monoisotopic (exact) mass is 244 g/mol. The molecule has 0 aromatic rings. The number of likely N-dealkylation sites (tertiary alicyclic amines) is 1. The van der Waals surface area contributed by atoms with Crippen LogP contribution in [0.15, 0.2) is 0 Å². The van der Waals surface area contributed by atoms with E-state index in [4.69, 9.17) is 10.2 Å². The van der Waals surface area contributed by atoms with Gasteiger partial charge in [-0.05, 0) is 19.3 Å². The lowest BCUT2D eigenvalue weighted by Gasteiger charge is -2.25. The van der Waals surface area contributed by atoms with Crippen LogP contribution in [0.3, 0.4) is 0 Å². The van der Waals surface area contributed by atoms with Crippen LogP contribution in [0.5, 0.6) is 0 Å². The highest BCUT2D eigenvalue weighted by atomic mass is 16.4. The van der Waals surface area contributed by atoms with Crippen LogP contribution in [0.4, 0.5) is 4.79 Å². The highest BCUT2D eigenvalue weighted by Crippen LogP contribution is 2.16. The molecule has 0 bridgehead atoms. The van der Waals surface area contributed by atoms with E-state index in [9.17, 15) is 9.59 Å². The molecule has 98 valence electrons. The molecule has 1 heterocycles. The number of urea groups is 1. The highest BCUT2D eigenvalue weighted by Gasteiger charge is 2.30. The summed E-state index contributed by atoms with van der Waals surface area (Å²) >= 11 is 0. The number of hydrogen-bond acceptors (Lipinski definition) is 3. The molecule has 6 nitrogen and oxygen atoms in total. The minimum Gasteiger partial charge on any atom is -0.480 e. The summed E-state index contributed by atoms with van der Waals surface area (Å²) in [5, 5.41) is 20.5. The van der Waals surface area contributed by atoms with Gasteiger partial charge in [-0.1, -0.05) is 13.3 Å². The van der Waals surface area contributed by atoms with Gasteiger partial charge in [0.1, 0.15) is 6.04 Å². The molecule has 2 amide bonds. The Labute approximate surface area is 101 Å². The zero-order chi connectivity index (χ0) is 12.8. The average molecular weight is 244 g/mol. The van der Waals surface area contributed by atoms with Crippen molar-refractivity contribution in [2.45, 2.75) is 44.7 Å². The standard InChI is InChI=1S/C11H20N2O4/c1-2-4-9(10(15)16)12-11(17)13-6-3-5-8(13)7-14/h8-9,14H,2-7H2,1H3,(H,12,17)(H,15,16). The van der Waals surface area contributed by atoms with Gasteiger partial charge < -0.3 is 20.4 Å². The molecule has 0 aromatic heterocycles. The van der Waals surface area contributed by atoms with Gasteiger partial charge in [-0.3, -0.25) is 0 Å². The van der Waals surface area contributed by atoms with Crippen molar-refractivity contribution in [1.82, 2.24) is 10.2 Å². The Bertz CT molecular complexity index is 283. The van der Waals surface area contributed by atoms with Crippen LogP contribution >= 0.6 is 0 Å². The number of carbonyl (C=O) groups excluding carboxylic acids is 1. The Morgan fingerprint density at radius 1 is 1.53 bits per heavy atom. The maximum Gasteiger partial charge on any atom is 0.326 e. The quantitative estimate of drug-likeness (QED) is 0.653. The molecule has 3 N–H and O–H groups in total. The first-order chi connectivity index (χ1) is 8.10. The van der Waals surface area contributed by atoms with E-state index in [-0.39, 0.29) is 18.7 Å². The first-order valence-corrected chi connectivity index (χ1v) is 6.01. The number of amides is 2. The Balaban J connectivity index is 2.54. The van der Waals surface area contributed by atoms with Gasteiger partial charge in [-0.15, -0.1) is 0 Å². The van der Waals surface area contributed by atoms with Crippen molar-refractivity contribution >= 4 is 12.0 Å². The highest BCUT2D eigenvalue weighted by molar-refractivity contribution is 5.82. The molecular formula is C11H20N2O4. The normalized spacial score (nSPS) is 21.3. The summed E-state index contributed by atoms with van der Waals surface area (Å²) in [6.45, 7) is 2.38. The van der Waals surface area contributed by atoms with Crippen molar-refractivity contribution in [3.8, 4) is 0 Å². The number of nitrogens with zero attached hydrogens (tertiary/aromatic N) is 1. The summed E-state index contributed by atoms with van der Waals surface area (Å²) < 4.78 is 0. The van der Waals surface area contributed by atoms with Crippen LogP contribution in [0.25, 0.3) is 0 Å². The summed E-state index contributed by atoms with van der Waals surface area (Å²) in [4.78, 5) is 24.3. The van der Waals surface area contributed by atoms with Crippen molar-refractivity contribution in [3.63, 3.8) is 0 Å². The van der Waals surface area contributed by atoms with Gasteiger partial charge >= 0.3 is 12.0 Å². The summed E-state index contributed by atoms with van der Waals surface area (Å²) in [5.74, 6) is -1.01. The van der Waals surface area contributed by atoms with E-state index in [0.717, 1.165) is 12.8 Å². The Morgan fingerprint density at radius 2 is 2.24 bits per heavy atom. The fraction of sp³-hybridized carbons (Fsp3) is 0.818. The third kappa shape index (κ3) is 3.59. The summed E-state index contributed by atoms with van der Waals surface area (Å²) in [5.41, 5.74) is 0. The van der Waals surface area contributed by atoms with E-state index in [2.05, 4.69) is 5.32 Å². The first kappa shape index (κ1) is 13.8. The Hall–Kier alpha value is -1.30. The van der Waals surface area contributed by atoms with Gasteiger partial charge in [0.05, 0.1) is 12.6 Å². The number of aliphatic hydroxyl groups is 1. The number of hydrogen-bond donors (Lipinski definition) is 3. The van der Waals surface area contributed by atoms with Crippen molar-refractivity contribution in [1.29, 1.82) is 0 Å². The molecule has 1 aliphatic rings. The van der Waals surface area contributed by atoms with E-state index in [1.807, 2.05) is 6.92 Å². The Kier molecular flexibility index (Phi) is 5.21. The fourth-order valence-corrected chi connectivity index (χ4v) is 2.07. The number of carboxylic acids is 1. The second kappa shape index (κ2) is 6.44. The van der Waals surface area contributed by atoms with E-state index in [0.29, 0.717) is 19.4 Å². The van der Waals surface area contributed by atoms with Gasteiger partial charge in [0.25, 0.3) is 0 Å². The zero-order valence-corrected chi connectivity index (χ0v) is 10.1. The SMILES string of the molecule is CCCC(NC(=O)N1CCCC1CO)C(=O)O. The van der Waals surface area contributed by atoms with Crippen LogP contribution in [-0.4, -0.2) is 52.3 Å². The van der Waals surface area contributed by atoms with Crippen LogP contribution in [-0.2, 0) is 4.79 Å². The van der Waals surface area contributed by atoms with E-state index >= 15 is 0 Å². The Morgan fingerprint density at radius 3 is 2.76 bits per heavy atom. The van der Waals surface area contributed by atoms with Crippen molar-refractivity contribution < 1.29 is 19.8 Å². The number of carbonyl (C=O) groups is 2. The van der Waals surface area contributed by atoms with Gasteiger partial charge in [0.2, 0.25) is 0 Å². The average Bonchev–Trinajstić information content (AvgIpc) is 2.76. The molecule has 1 fully saturated rings. The van der Waals surface area contributed by atoms with Gasteiger partial charge in [-0.25, -0.2) is 9.59 Å². The number of aliphatic hydroxyl groups excluding tert-OH is 1. The van der Waals surface area contributed by atoms with Gasteiger partial charge in [0.15, 0.2) is 0 Å². The third-order valence-corrected chi connectivity index (χ3v) is 3.02. The number of carboxylic acid groups (broad SMARTS) is 1. The molecule has 1 saturated heterocycles.